The van der Waals surface area contributed by atoms with E-state index in [2.05, 4.69) is 11.8 Å². The molecule has 0 aromatic rings. The minimum absolute atomic E-state index is 0.0351. The van der Waals surface area contributed by atoms with E-state index in [4.69, 9.17) is 9.47 Å². The SMILES string of the molecule is CC#C[C@H](O)C(C)(C)[C@@H]1CCOC(C)(C)O1. The molecule has 0 bridgehead atoms. The first kappa shape index (κ1) is 13.5. The van der Waals surface area contributed by atoms with Gasteiger partial charge in [-0.3, -0.25) is 0 Å². The molecule has 1 heterocycles. The van der Waals surface area contributed by atoms with Gasteiger partial charge in [-0.1, -0.05) is 19.8 Å². The van der Waals surface area contributed by atoms with Crippen molar-refractivity contribution in [3.8, 4) is 11.8 Å². The highest BCUT2D eigenvalue weighted by molar-refractivity contribution is 5.08. The van der Waals surface area contributed by atoms with Gasteiger partial charge in [-0.05, 0) is 27.2 Å². The molecule has 1 aliphatic heterocycles. The van der Waals surface area contributed by atoms with Gasteiger partial charge in [-0.2, -0.15) is 0 Å². The smallest absolute Gasteiger partial charge is 0.163 e. The zero-order chi connectivity index (χ0) is 12.4. The molecule has 1 rings (SSSR count). The Labute approximate surface area is 98.1 Å². The van der Waals surface area contributed by atoms with Crippen molar-refractivity contribution in [2.45, 2.75) is 59.0 Å². The van der Waals surface area contributed by atoms with Gasteiger partial charge in [0.1, 0.15) is 6.10 Å². The molecule has 1 saturated heterocycles. The highest BCUT2D eigenvalue weighted by Crippen LogP contribution is 2.35. The third kappa shape index (κ3) is 2.98. The summed E-state index contributed by atoms with van der Waals surface area (Å²) in [5, 5.41) is 10.0. The maximum absolute atomic E-state index is 10.0. The molecule has 0 amide bonds. The molecule has 0 aliphatic carbocycles. The van der Waals surface area contributed by atoms with Crippen molar-refractivity contribution in [2.75, 3.05) is 6.61 Å². The summed E-state index contributed by atoms with van der Waals surface area (Å²) in [6.07, 6.45) is 0.0855. The van der Waals surface area contributed by atoms with Crippen LogP contribution in [0.5, 0.6) is 0 Å². The van der Waals surface area contributed by atoms with Crippen molar-refractivity contribution >= 4 is 0 Å². The zero-order valence-corrected chi connectivity index (χ0v) is 10.8. The van der Waals surface area contributed by atoms with Crippen LogP contribution in [0.4, 0.5) is 0 Å². The Morgan fingerprint density at radius 1 is 1.44 bits per heavy atom. The molecule has 1 N–H and O–H groups in total. The quantitative estimate of drug-likeness (QED) is 0.731. The van der Waals surface area contributed by atoms with Crippen LogP contribution in [-0.2, 0) is 9.47 Å². The van der Waals surface area contributed by atoms with Gasteiger partial charge in [0, 0.05) is 5.41 Å². The summed E-state index contributed by atoms with van der Waals surface area (Å²) < 4.78 is 11.3. The summed E-state index contributed by atoms with van der Waals surface area (Å²) in [5.41, 5.74) is -0.385. The molecule has 2 atom stereocenters. The average molecular weight is 226 g/mol. The van der Waals surface area contributed by atoms with Crippen molar-refractivity contribution in [3.63, 3.8) is 0 Å². The fourth-order valence-corrected chi connectivity index (χ4v) is 1.87. The molecule has 0 radical (unpaired) electrons. The maximum atomic E-state index is 10.0. The Morgan fingerprint density at radius 3 is 2.56 bits per heavy atom. The molecule has 3 nitrogen and oxygen atoms in total. The molecule has 0 aromatic carbocycles. The van der Waals surface area contributed by atoms with Crippen molar-refractivity contribution in [3.05, 3.63) is 0 Å². The van der Waals surface area contributed by atoms with Gasteiger partial charge >= 0.3 is 0 Å². The molecule has 0 saturated carbocycles. The summed E-state index contributed by atoms with van der Waals surface area (Å²) in [4.78, 5) is 0. The summed E-state index contributed by atoms with van der Waals surface area (Å²) in [5.74, 6) is 4.97. The Kier molecular flexibility index (Phi) is 4.01. The average Bonchev–Trinajstić information content (AvgIpc) is 2.16. The summed E-state index contributed by atoms with van der Waals surface area (Å²) in [7, 11) is 0. The van der Waals surface area contributed by atoms with E-state index in [1.54, 1.807) is 6.92 Å². The van der Waals surface area contributed by atoms with E-state index in [1.807, 2.05) is 27.7 Å². The lowest BCUT2D eigenvalue weighted by Gasteiger charge is -2.44. The summed E-state index contributed by atoms with van der Waals surface area (Å²) in [6, 6.07) is 0. The predicted molar refractivity (Wildman–Crippen MR) is 62.8 cm³/mol. The van der Waals surface area contributed by atoms with Crippen LogP contribution in [0, 0.1) is 17.3 Å². The minimum atomic E-state index is -0.670. The highest BCUT2D eigenvalue weighted by Gasteiger charge is 2.42. The lowest BCUT2D eigenvalue weighted by molar-refractivity contribution is -0.296. The van der Waals surface area contributed by atoms with E-state index >= 15 is 0 Å². The number of ether oxygens (including phenoxy) is 2. The number of aliphatic hydroxyl groups is 1. The van der Waals surface area contributed by atoms with E-state index in [-0.39, 0.29) is 11.5 Å². The van der Waals surface area contributed by atoms with Gasteiger partial charge in [0.25, 0.3) is 0 Å². The van der Waals surface area contributed by atoms with Crippen LogP contribution in [0.15, 0.2) is 0 Å². The second-order valence-electron chi connectivity index (χ2n) is 5.26. The lowest BCUT2D eigenvalue weighted by atomic mass is 9.79. The number of hydrogen-bond donors (Lipinski definition) is 1. The standard InChI is InChI=1S/C13H22O3/c1-6-7-10(14)12(2,3)11-8-9-15-13(4,5)16-11/h10-11,14H,8-9H2,1-5H3/t10-,11-/m0/s1. The first-order valence-corrected chi connectivity index (χ1v) is 5.72. The topological polar surface area (TPSA) is 38.7 Å². The maximum Gasteiger partial charge on any atom is 0.163 e. The van der Waals surface area contributed by atoms with E-state index in [1.165, 1.54) is 0 Å². The summed E-state index contributed by atoms with van der Waals surface area (Å²) in [6.45, 7) is 10.1. The second-order valence-corrected chi connectivity index (χ2v) is 5.26. The van der Waals surface area contributed by atoms with Crippen LogP contribution < -0.4 is 0 Å². The molecule has 1 fully saturated rings. The van der Waals surface area contributed by atoms with E-state index < -0.39 is 11.9 Å². The molecule has 0 spiro atoms. The van der Waals surface area contributed by atoms with Crippen LogP contribution >= 0.6 is 0 Å². The number of hydrogen-bond acceptors (Lipinski definition) is 3. The molecule has 1 aliphatic rings. The van der Waals surface area contributed by atoms with Crippen LogP contribution in [0.2, 0.25) is 0 Å². The van der Waals surface area contributed by atoms with Crippen LogP contribution in [0.3, 0.4) is 0 Å². The van der Waals surface area contributed by atoms with Crippen molar-refractivity contribution in [1.82, 2.24) is 0 Å². The van der Waals surface area contributed by atoms with Gasteiger partial charge in [0.05, 0.1) is 12.7 Å². The molecule has 3 heteroatoms. The first-order chi connectivity index (χ1) is 7.29. The largest absolute Gasteiger partial charge is 0.380 e. The van der Waals surface area contributed by atoms with E-state index in [0.29, 0.717) is 6.61 Å². The lowest BCUT2D eigenvalue weighted by Crippen LogP contribution is -2.50. The molecule has 16 heavy (non-hydrogen) atoms. The van der Waals surface area contributed by atoms with Crippen molar-refractivity contribution in [2.24, 2.45) is 5.41 Å². The van der Waals surface area contributed by atoms with Crippen LogP contribution in [0.25, 0.3) is 0 Å². The van der Waals surface area contributed by atoms with Crippen LogP contribution in [-0.4, -0.2) is 29.7 Å². The van der Waals surface area contributed by atoms with E-state index in [9.17, 15) is 5.11 Å². The van der Waals surface area contributed by atoms with Gasteiger partial charge in [-0.15, -0.1) is 5.92 Å². The first-order valence-electron chi connectivity index (χ1n) is 5.72. The fourth-order valence-electron chi connectivity index (χ4n) is 1.87. The number of rotatable bonds is 2. The molecular weight excluding hydrogens is 204 g/mol. The Morgan fingerprint density at radius 2 is 2.06 bits per heavy atom. The van der Waals surface area contributed by atoms with E-state index in [0.717, 1.165) is 6.42 Å². The molecule has 92 valence electrons. The highest BCUT2D eigenvalue weighted by atomic mass is 16.7. The van der Waals surface area contributed by atoms with Gasteiger partial charge in [0.2, 0.25) is 0 Å². The second kappa shape index (κ2) is 4.75. The molecule has 0 aromatic heterocycles. The van der Waals surface area contributed by atoms with Crippen molar-refractivity contribution < 1.29 is 14.6 Å². The molecule has 0 unspecified atom stereocenters. The van der Waals surface area contributed by atoms with Crippen molar-refractivity contribution in [1.29, 1.82) is 0 Å². The minimum Gasteiger partial charge on any atom is -0.380 e. The normalized spacial score (nSPS) is 26.8. The molecular formula is C13H22O3. The third-order valence-corrected chi connectivity index (χ3v) is 3.07. The van der Waals surface area contributed by atoms with Gasteiger partial charge < -0.3 is 14.6 Å². The Bertz CT molecular complexity index is 296. The zero-order valence-electron chi connectivity index (χ0n) is 10.8. The Balaban J connectivity index is 2.77. The summed E-state index contributed by atoms with van der Waals surface area (Å²) >= 11 is 0. The van der Waals surface area contributed by atoms with Gasteiger partial charge in [-0.25, -0.2) is 0 Å². The number of aliphatic hydroxyl groups excluding tert-OH is 1. The monoisotopic (exact) mass is 226 g/mol. The van der Waals surface area contributed by atoms with Crippen LogP contribution in [0.1, 0.15) is 41.0 Å². The fraction of sp³-hybridized carbons (Fsp3) is 0.846. The Hall–Kier alpha value is -0.560. The van der Waals surface area contributed by atoms with Gasteiger partial charge in [0.15, 0.2) is 5.79 Å². The third-order valence-electron chi connectivity index (χ3n) is 3.07. The predicted octanol–water partition coefficient (Wildman–Crippen LogP) is 1.94.